The van der Waals surface area contributed by atoms with E-state index in [1.54, 1.807) is 0 Å². The summed E-state index contributed by atoms with van der Waals surface area (Å²) in [6, 6.07) is 10.4. The van der Waals surface area contributed by atoms with Crippen molar-refractivity contribution in [2.45, 2.75) is 37.1 Å². The summed E-state index contributed by atoms with van der Waals surface area (Å²) in [4.78, 5) is 26.9. The lowest BCUT2D eigenvalue weighted by Gasteiger charge is -2.38. The molecule has 214 valence electrons. The van der Waals surface area contributed by atoms with Crippen LogP contribution in [0.2, 0.25) is 0 Å². The fourth-order valence-electron chi connectivity index (χ4n) is 3.56. The number of pyridine rings is 1. The second-order valence-corrected chi connectivity index (χ2v) is 8.59. The molecule has 0 saturated carbocycles. The van der Waals surface area contributed by atoms with Crippen molar-refractivity contribution >= 4 is 17.6 Å². The highest BCUT2D eigenvalue weighted by molar-refractivity contribution is 5.77. The Labute approximate surface area is 222 Å². The molecule has 14 heteroatoms. The summed E-state index contributed by atoms with van der Waals surface area (Å²) in [5, 5.41) is 26.0. The number of ether oxygens (including phenoxy) is 4. The number of halogens is 3. The Morgan fingerprint density at radius 2 is 1.77 bits per heavy atom. The summed E-state index contributed by atoms with van der Waals surface area (Å²) in [7, 11) is 0. The molecular formula is C25H30F3N3O8. The van der Waals surface area contributed by atoms with Crippen LogP contribution in [0.1, 0.15) is 11.3 Å². The molecule has 1 fully saturated rings. The van der Waals surface area contributed by atoms with E-state index in [2.05, 4.69) is 15.6 Å². The van der Waals surface area contributed by atoms with Crippen molar-refractivity contribution in [3.8, 4) is 0 Å². The number of aliphatic hydroxyl groups excluding tert-OH is 2. The predicted molar refractivity (Wildman–Crippen MR) is 129 cm³/mol. The number of nitrogens with one attached hydrogen (secondary N) is 2. The van der Waals surface area contributed by atoms with Crippen LogP contribution in [0.25, 0.3) is 0 Å². The molecule has 3 rings (SSSR count). The van der Waals surface area contributed by atoms with E-state index < -0.39 is 48.1 Å². The van der Waals surface area contributed by atoms with Crippen molar-refractivity contribution in [2.75, 3.05) is 44.9 Å². The van der Waals surface area contributed by atoms with Gasteiger partial charge in [-0.15, -0.1) is 0 Å². The molecule has 4 atom stereocenters. The zero-order valence-electron chi connectivity index (χ0n) is 20.8. The van der Waals surface area contributed by atoms with Gasteiger partial charge in [0.2, 0.25) is 5.91 Å². The van der Waals surface area contributed by atoms with Gasteiger partial charge < -0.3 is 39.8 Å². The lowest BCUT2D eigenvalue weighted by molar-refractivity contribution is -0.151. The first-order valence-corrected chi connectivity index (χ1v) is 12.0. The molecule has 39 heavy (non-hydrogen) atoms. The van der Waals surface area contributed by atoms with Gasteiger partial charge in [-0.2, -0.15) is 13.2 Å². The van der Waals surface area contributed by atoms with E-state index in [4.69, 9.17) is 18.9 Å². The van der Waals surface area contributed by atoms with Crippen molar-refractivity contribution in [3.63, 3.8) is 0 Å². The number of hydrogen-bond acceptors (Lipinski definition) is 10. The van der Waals surface area contributed by atoms with Crippen LogP contribution >= 0.6 is 0 Å². The van der Waals surface area contributed by atoms with E-state index in [1.807, 2.05) is 30.3 Å². The Kier molecular flexibility index (Phi) is 11.4. The second-order valence-electron chi connectivity index (χ2n) is 8.59. The van der Waals surface area contributed by atoms with Gasteiger partial charge in [0.05, 0.1) is 25.9 Å². The molecule has 1 saturated heterocycles. The normalized spacial score (nSPS) is 21.3. The van der Waals surface area contributed by atoms with Crippen molar-refractivity contribution in [1.82, 2.24) is 10.3 Å². The monoisotopic (exact) mass is 557 g/mol. The molecular weight excluding hydrogens is 527 g/mol. The molecule has 2 aromatic rings. The van der Waals surface area contributed by atoms with Gasteiger partial charge in [0.15, 0.2) is 0 Å². The van der Waals surface area contributed by atoms with Gasteiger partial charge in [0, 0.05) is 18.4 Å². The molecule has 0 bridgehead atoms. The summed E-state index contributed by atoms with van der Waals surface area (Å²) in [5.41, 5.74) is -0.200. The molecule has 0 spiro atoms. The minimum Gasteiger partial charge on any atom is -0.459 e. The average molecular weight is 558 g/mol. The molecule has 0 unspecified atom stereocenters. The molecule has 2 heterocycles. The maximum Gasteiger partial charge on any atom is 0.433 e. The van der Waals surface area contributed by atoms with Crippen molar-refractivity contribution in [2.24, 2.45) is 0 Å². The quantitative estimate of drug-likeness (QED) is 0.207. The standard InChI is InChI=1S/C25H30F3N3O8/c26-25(27,28)20-10-17(6-7-29-20)31-18-13-38-19(24(35)23(18)34)11-30-21(32)14-36-8-9-37-15-22(33)39-12-16-4-2-1-3-5-16/h1-7,10,18-19,23-24,34-35H,8-9,11-15H2,(H,29,31)(H,30,32)/t18-,19+,23+,24-/m0/s1. The van der Waals surface area contributed by atoms with E-state index in [1.165, 1.54) is 6.07 Å². The van der Waals surface area contributed by atoms with E-state index in [9.17, 15) is 33.0 Å². The van der Waals surface area contributed by atoms with Crippen LogP contribution in [0.5, 0.6) is 0 Å². The highest BCUT2D eigenvalue weighted by Crippen LogP contribution is 2.29. The topological polar surface area (TPSA) is 148 Å². The van der Waals surface area contributed by atoms with Gasteiger partial charge in [0.25, 0.3) is 0 Å². The van der Waals surface area contributed by atoms with Gasteiger partial charge in [0.1, 0.15) is 43.8 Å². The molecule has 1 aromatic carbocycles. The minimum atomic E-state index is -4.63. The number of carbonyl (C=O) groups is 2. The van der Waals surface area contributed by atoms with Crippen molar-refractivity contribution < 1.29 is 51.9 Å². The van der Waals surface area contributed by atoms with Crippen LogP contribution < -0.4 is 10.6 Å². The Hall–Kier alpha value is -3.30. The van der Waals surface area contributed by atoms with E-state index in [0.29, 0.717) is 0 Å². The molecule has 1 aromatic heterocycles. The first kappa shape index (κ1) is 30.2. The first-order valence-electron chi connectivity index (χ1n) is 12.0. The van der Waals surface area contributed by atoms with Gasteiger partial charge in [-0.1, -0.05) is 30.3 Å². The molecule has 4 N–H and O–H groups in total. The predicted octanol–water partition coefficient (Wildman–Crippen LogP) is 0.894. The number of amides is 1. The highest BCUT2D eigenvalue weighted by Gasteiger charge is 2.39. The fraction of sp³-hybridized carbons (Fsp3) is 0.480. The number of aromatic nitrogens is 1. The molecule has 1 aliphatic heterocycles. The lowest BCUT2D eigenvalue weighted by Crippen LogP contribution is -2.58. The molecule has 11 nitrogen and oxygen atoms in total. The van der Waals surface area contributed by atoms with Crippen LogP contribution in [0.3, 0.4) is 0 Å². The Balaban J connectivity index is 1.27. The van der Waals surface area contributed by atoms with Crippen LogP contribution in [0, 0.1) is 0 Å². The number of esters is 1. The Bertz CT molecular complexity index is 1060. The lowest BCUT2D eigenvalue weighted by atomic mass is 9.97. The van der Waals surface area contributed by atoms with Crippen molar-refractivity contribution in [3.05, 3.63) is 59.9 Å². The van der Waals surface area contributed by atoms with E-state index in [0.717, 1.165) is 17.8 Å². The van der Waals surface area contributed by atoms with Crippen LogP contribution in [-0.2, 0) is 41.3 Å². The van der Waals surface area contributed by atoms with Gasteiger partial charge in [-0.3, -0.25) is 9.78 Å². The zero-order valence-corrected chi connectivity index (χ0v) is 20.8. The minimum absolute atomic E-state index is 0.0407. The smallest absolute Gasteiger partial charge is 0.433 e. The summed E-state index contributed by atoms with van der Waals surface area (Å²) in [6.45, 7) is -0.613. The molecule has 0 aliphatic carbocycles. The number of nitrogens with zero attached hydrogens (tertiary/aromatic N) is 1. The first-order chi connectivity index (χ1) is 18.6. The van der Waals surface area contributed by atoms with Gasteiger partial charge in [-0.05, 0) is 17.7 Å². The number of aliphatic hydroxyl groups is 2. The third-order valence-electron chi connectivity index (χ3n) is 5.60. The summed E-state index contributed by atoms with van der Waals surface area (Å²) < 4.78 is 59.4. The number of anilines is 1. The SMILES string of the molecule is O=C(COCCOCC(=O)OCc1ccccc1)NC[C@H]1OC[C@H](Nc2ccnc(C(F)(F)F)c2)[C@@H](O)[C@H]1O. The number of hydrogen-bond donors (Lipinski definition) is 4. The van der Waals surface area contributed by atoms with Crippen LogP contribution in [0.4, 0.5) is 18.9 Å². The van der Waals surface area contributed by atoms with Crippen LogP contribution in [0.15, 0.2) is 48.7 Å². The molecule has 0 radical (unpaired) electrons. The third kappa shape index (κ3) is 10.1. The number of rotatable bonds is 13. The number of carbonyl (C=O) groups excluding carboxylic acids is 2. The van der Waals surface area contributed by atoms with Gasteiger partial charge in [-0.25, -0.2) is 4.79 Å². The molecule has 1 aliphatic rings. The van der Waals surface area contributed by atoms with E-state index in [-0.39, 0.29) is 51.9 Å². The second kappa shape index (κ2) is 14.7. The largest absolute Gasteiger partial charge is 0.459 e. The maximum absolute atomic E-state index is 12.9. The van der Waals surface area contributed by atoms with Gasteiger partial charge >= 0.3 is 12.1 Å². The highest BCUT2D eigenvalue weighted by atomic mass is 19.4. The van der Waals surface area contributed by atoms with E-state index >= 15 is 0 Å². The average Bonchev–Trinajstić information content (AvgIpc) is 2.92. The molecule has 1 amide bonds. The maximum atomic E-state index is 12.9. The Morgan fingerprint density at radius 1 is 1.05 bits per heavy atom. The summed E-state index contributed by atoms with van der Waals surface area (Å²) in [6.07, 6.45) is -7.40. The third-order valence-corrected chi connectivity index (χ3v) is 5.60. The van der Waals surface area contributed by atoms with Crippen LogP contribution in [-0.4, -0.2) is 91.0 Å². The number of alkyl halides is 3. The summed E-state index contributed by atoms with van der Waals surface area (Å²) >= 11 is 0. The van der Waals surface area contributed by atoms with Crippen molar-refractivity contribution in [1.29, 1.82) is 0 Å². The Morgan fingerprint density at radius 3 is 2.49 bits per heavy atom. The summed E-state index contributed by atoms with van der Waals surface area (Å²) in [5.74, 6) is -1.05. The zero-order chi connectivity index (χ0) is 28.3. The fourth-order valence-corrected chi connectivity index (χ4v) is 3.56. The number of benzene rings is 1.